The monoisotopic (exact) mass is 797 g/mol. The van der Waals surface area contributed by atoms with Crippen molar-refractivity contribution < 1.29 is 28.9 Å². The Labute approximate surface area is 348 Å². The van der Waals surface area contributed by atoms with Crippen molar-refractivity contribution in [3.8, 4) is 0 Å². The second-order valence-corrected chi connectivity index (χ2v) is 16.6. The number of rotatable bonds is 44. The van der Waals surface area contributed by atoms with Crippen LogP contribution in [0.4, 0.5) is 9.59 Å². The van der Waals surface area contributed by atoms with E-state index >= 15 is 0 Å². The number of nitrogens with zero attached hydrogens (tertiary/aromatic N) is 2. The molecule has 1 N–H and O–H groups in total. The molecule has 56 heavy (non-hydrogen) atoms. The number of carbonyl (C=O) groups is 2. The van der Waals surface area contributed by atoms with Crippen LogP contribution in [0.25, 0.3) is 0 Å². The molecule has 1 unspecified atom stereocenters. The average Bonchev–Trinajstić information content (AvgIpc) is 3.20. The summed E-state index contributed by atoms with van der Waals surface area (Å²) in [6, 6.07) is 0. The first-order valence-electron chi connectivity index (χ1n) is 24.6. The molecule has 8 nitrogen and oxygen atoms in total. The zero-order valence-electron chi connectivity index (χ0n) is 38.0. The molecule has 0 radical (unpaired) electrons. The van der Waals surface area contributed by atoms with Crippen LogP contribution in [0.1, 0.15) is 240 Å². The molecular formula is C48H96N2O6. The summed E-state index contributed by atoms with van der Waals surface area (Å²) in [5.74, 6) is 0. The molecule has 1 atom stereocenters. The Bertz CT molecular complexity index is 799. The summed E-state index contributed by atoms with van der Waals surface area (Å²) in [4.78, 5) is 29.9. The lowest BCUT2D eigenvalue weighted by Crippen LogP contribution is -2.33. The van der Waals surface area contributed by atoms with Crippen molar-refractivity contribution in [2.75, 3.05) is 52.5 Å². The van der Waals surface area contributed by atoms with E-state index in [1.807, 2.05) is 4.90 Å². The third-order valence-corrected chi connectivity index (χ3v) is 11.2. The zero-order valence-corrected chi connectivity index (χ0v) is 38.0. The standard InChI is InChI=1S/C48H96N2O6/c1-5-9-13-17-20-28-37-46(36-27-16-12-8-4)56-48(53)55-45-34-26-24-30-39-49(40-35-43-51)38-29-23-25-33-44-54-47(52)50(41-31-21-18-14-10-6-2)42-32-22-19-15-11-7-3/h46,51H,5-45H2,1-4H3. The third-order valence-electron chi connectivity index (χ3n) is 11.2. The van der Waals surface area contributed by atoms with Gasteiger partial charge in [-0.05, 0) is 83.7 Å². The highest BCUT2D eigenvalue weighted by Gasteiger charge is 2.16. The first-order valence-corrected chi connectivity index (χ1v) is 24.6. The van der Waals surface area contributed by atoms with Gasteiger partial charge in [0, 0.05) is 26.2 Å². The second kappa shape index (κ2) is 44.6. The maximum absolute atomic E-state index is 13.0. The van der Waals surface area contributed by atoms with Crippen molar-refractivity contribution in [2.45, 2.75) is 246 Å². The number of ether oxygens (including phenoxy) is 3. The van der Waals surface area contributed by atoms with E-state index < -0.39 is 6.16 Å². The van der Waals surface area contributed by atoms with Gasteiger partial charge >= 0.3 is 12.2 Å². The minimum absolute atomic E-state index is 0.0111. The Balaban J connectivity index is 4.29. The van der Waals surface area contributed by atoms with E-state index in [0.717, 1.165) is 129 Å². The highest BCUT2D eigenvalue weighted by Crippen LogP contribution is 2.18. The van der Waals surface area contributed by atoms with Crippen LogP contribution in [0.5, 0.6) is 0 Å². The fraction of sp³-hybridized carbons (Fsp3) is 0.958. The molecule has 0 aromatic carbocycles. The topological polar surface area (TPSA) is 88.5 Å². The van der Waals surface area contributed by atoms with Gasteiger partial charge in [0.2, 0.25) is 0 Å². The van der Waals surface area contributed by atoms with Crippen LogP contribution in [-0.4, -0.2) is 85.8 Å². The Morgan fingerprint density at radius 3 is 1.25 bits per heavy atom. The molecule has 0 fully saturated rings. The highest BCUT2D eigenvalue weighted by atomic mass is 16.7. The van der Waals surface area contributed by atoms with E-state index in [4.69, 9.17) is 14.2 Å². The summed E-state index contributed by atoms with van der Waals surface area (Å²) in [5, 5.41) is 9.44. The first kappa shape index (κ1) is 54.5. The predicted molar refractivity (Wildman–Crippen MR) is 238 cm³/mol. The first-order chi connectivity index (χ1) is 27.5. The number of aliphatic hydroxyl groups is 1. The maximum Gasteiger partial charge on any atom is 0.508 e. The van der Waals surface area contributed by atoms with Gasteiger partial charge in [-0.15, -0.1) is 0 Å². The van der Waals surface area contributed by atoms with E-state index in [1.54, 1.807) is 0 Å². The van der Waals surface area contributed by atoms with E-state index in [2.05, 4.69) is 32.6 Å². The summed E-state index contributed by atoms with van der Waals surface area (Å²) < 4.78 is 17.0. The number of aliphatic hydroxyl groups excluding tert-OH is 1. The van der Waals surface area contributed by atoms with Gasteiger partial charge in [-0.2, -0.15) is 0 Å². The van der Waals surface area contributed by atoms with Gasteiger partial charge in [0.15, 0.2) is 0 Å². The van der Waals surface area contributed by atoms with Gasteiger partial charge in [-0.1, -0.05) is 169 Å². The van der Waals surface area contributed by atoms with Gasteiger partial charge < -0.3 is 29.1 Å². The highest BCUT2D eigenvalue weighted by molar-refractivity contribution is 5.67. The Morgan fingerprint density at radius 2 is 0.786 bits per heavy atom. The van der Waals surface area contributed by atoms with Crippen LogP contribution in [0.15, 0.2) is 0 Å². The molecule has 0 saturated heterocycles. The molecule has 0 aromatic heterocycles. The third kappa shape index (κ3) is 38.0. The summed E-state index contributed by atoms with van der Waals surface area (Å²) in [7, 11) is 0. The SMILES string of the molecule is CCCCCCCCC(CCCCCC)OC(=O)OCCCCCCN(CCCO)CCCCCCOC(=O)N(CCCCCCCC)CCCCCCCC. The normalized spacial score (nSPS) is 12.0. The largest absolute Gasteiger partial charge is 0.508 e. The van der Waals surface area contributed by atoms with Crippen LogP contribution in [-0.2, 0) is 14.2 Å². The van der Waals surface area contributed by atoms with Crippen molar-refractivity contribution >= 4 is 12.2 Å². The molecule has 8 heteroatoms. The molecule has 0 spiro atoms. The summed E-state index contributed by atoms with van der Waals surface area (Å²) in [5.41, 5.74) is 0. The van der Waals surface area contributed by atoms with E-state index in [-0.39, 0.29) is 18.8 Å². The summed E-state index contributed by atoms with van der Waals surface area (Å²) in [6.07, 6.45) is 37.5. The average molecular weight is 797 g/mol. The summed E-state index contributed by atoms with van der Waals surface area (Å²) >= 11 is 0. The molecule has 0 aliphatic heterocycles. The Kier molecular flexibility index (Phi) is 43.3. The van der Waals surface area contributed by atoms with E-state index in [9.17, 15) is 14.7 Å². The lowest BCUT2D eigenvalue weighted by Gasteiger charge is -2.23. The maximum atomic E-state index is 13.0. The van der Waals surface area contributed by atoms with Crippen molar-refractivity contribution in [1.82, 2.24) is 9.80 Å². The molecule has 334 valence electrons. The number of hydrogen-bond donors (Lipinski definition) is 1. The number of amides is 1. The Hall–Kier alpha value is -1.54. The fourth-order valence-electron chi connectivity index (χ4n) is 7.46. The fourth-order valence-corrected chi connectivity index (χ4v) is 7.46. The van der Waals surface area contributed by atoms with E-state index in [1.165, 1.54) is 116 Å². The van der Waals surface area contributed by atoms with Crippen molar-refractivity contribution in [3.05, 3.63) is 0 Å². The molecule has 0 aliphatic rings. The molecule has 0 rings (SSSR count). The minimum Gasteiger partial charge on any atom is -0.449 e. The van der Waals surface area contributed by atoms with Crippen LogP contribution < -0.4 is 0 Å². The lowest BCUT2D eigenvalue weighted by molar-refractivity contribution is 0.0154. The summed E-state index contributed by atoms with van der Waals surface area (Å²) in [6.45, 7) is 14.8. The van der Waals surface area contributed by atoms with Gasteiger partial charge in [-0.3, -0.25) is 0 Å². The predicted octanol–water partition coefficient (Wildman–Crippen LogP) is 14.2. The van der Waals surface area contributed by atoms with Gasteiger partial charge in [-0.25, -0.2) is 9.59 Å². The quantitative estimate of drug-likeness (QED) is 0.0485. The van der Waals surface area contributed by atoms with Crippen LogP contribution in [0.3, 0.4) is 0 Å². The molecule has 0 aliphatic carbocycles. The molecular weight excluding hydrogens is 701 g/mol. The molecule has 0 aromatic rings. The van der Waals surface area contributed by atoms with Crippen molar-refractivity contribution in [2.24, 2.45) is 0 Å². The van der Waals surface area contributed by atoms with Gasteiger partial charge in [0.05, 0.1) is 13.2 Å². The van der Waals surface area contributed by atoms with E-state index in [0.29, 0.717) is 13.2 Å². The second-order valence-electron chi connectivity index (χ2n) is 16.6. The number of hydrogen-bond acceptors (Lipinski definition) is 7. The number of carbonyl (C=O) groups excluding carboxylic acids is 2. The number of unbranched alkanes of at least 4 members (excludes halogenated alkanes) is 24. The van der Waals surface area contributed by atoms with Gasteiger partial charge in [0.25, 0.3) is 0 Å². The minimum atomic E-state index is -0.487. The van der Waals surface area contributed by atoms with Gasteiger partial charge in [0.1, 0.15) is 6.10 Å². The zero-order chi connectivity index (χ0) is 41.0. The molecule has 1 amide bonds. The molecule has 0 saturated carbocycles. The molecule has 0 heterocycles. The smallest absolute Gasteiger partial charge is 0.449 e. The van der Waals surface area contributed by atoms with Crippen LogP contribution in [0, 0.1) is 0 Å². The van der Waals surface area contributed by atoms with Crippen molar-refractivity contribution in [1.29, 1.82) is 0 Å². The van der Waals surface area contributed by atoms with Crippen LogP contribution in [0.2, 0.25) is 0 Å². The molecule has 0 bridgehead atoms. The van der Waals surface area contributed by atoms with Crippen LogP contribution >= 0.6 is 0 Å². The van der Waals surface area contributed by atoms with Crippen molar-refractivity contribution in [3.63, 3.8) is 0 Å². The Morgan fingerprint density at radius 1 is 0.429 bits per heavy atom. The lowest BCUT2D eigenvalue weighted by atomic mass is 10.0.